The molecule has 0 rings (SSSR count). The molecule has 6 heteroatoms. The second-order valence-electron chi connectivity index (χ2n) is 0.0583. The fraction of sp³-hybridized carbons (Fsp3) is 0. The van der Waals surface area contributed by atoms with Gasteiger partial charge in [0.05, 0.1) is 0 Å². The van der Waals surface area contributed by atoms with Crippen LogP contribution >= 0.6 is 0 Å². The van der Waals surface area contributed by atoms with Crippen LogP contribution in [0.5, 0.6) is 0 Å². The van der Waals surface area contributed by atoms with Crippen molar-refractivity contribution in [3.8, 4) is 0 Å². The van der Waals surface area contributed by atoms with E-state index in [1.165, 1.54) is 5.15 Å². The zero-order valence-electron chi connectivity index (χ0n) is 4.95. The van der Waals surface area contributed by atoms with E-state index in [0.717, 1.165) is 0 Å². The molecule has 0 aromatic rings. The van der Waals surface area contributed by atoms with Crippen molar-refractivity contribution in [2.45, 2.75) is 0 Å². The number of rotatable bonds is 0. The van der Waals surface area contributed by atoms with E-state index in [4.69, 9.17) is 9.05 Å². The molecule has 0 aliphatic heterocycles. The third-order valence-corrected chi connectivity index (χ3v) is 0. The van der Waals surface area contributed by atoms with Crippen molar-refractivity contribution in [3.63, 3.8) is 0 Å². The van der Waals surface area contributed by atoms with Gasteiger partial charge in [0.1, 0.15) is 0 Å². The van der Waals surface area contributed by atoms with Gasteiger partial charge in [0.15, 0.2) is 0 Å². The summed E-state index contributed by atoms with van der Waals surface area (Å²) < 4.78 is 18.2. The maximum atomic E-state index is 9.12. The smallest absolute Gasteiger partial charge is 1.00 e. The van der Waals surface area contributed by atoms with Crippen molar-refractivity contribution < 1.29 is 94.4 Å². The van der Waals surface area contributed by atoms with Crippen molar-refractivity contribution in [2.24, 2.45) is 0 Å². The Bertz CT molecular complexity index is 20.0. The molecule has 0 atom stereocenters. The SMILES string of the molecule is FOF.[Ce].[H-].[H-].[La].[Mg+2]. The summed E-state index contributed by atoms with van der Waals surface area (Å²) in [6.07, 6.45) is 0. The second kappa shape index (κ2) is 24.2. The van der Waals surface area contributed by atoms with Crippen LogP contribution in [-0.2, 0) is 5.15 Å². The standard InChI is InChI=1S/Ce.F2O.La.Mg.2H/c;1-3-2;;;;/q;;;+2;2*-1. The molecule has 0 heterocycles. The summed E-state index contributed by atoms with van der Waals surface area (Å²) in [5.41, 5.74) is 0. The summed E-state index contributed by atoms with van der Waals surface area (Å²) in [6, 6.07) is 0. The summed E-state index contributed by atoms with van der Waals surface area (Å²) in [5, 5.41) is 1.25. The first kappa shape index (κ1) is 22.9. The van der Waals surface area contributed by atoms with Gasteiger partial charge in [0.2, 0.25) is 0 Å². The molecule has 0 N–H and O–H groups in total. The number of hydrogen-bond donors (Lipinski definition) is 0. The van der Waals surface area contributed by atoms with Crippen LogP contribution in [-0.4, -0.2) is 23.1 Å². The van der Waals surface area contributed by atoms with Crippen LogP contribution in [0.25, 0.3) is 0 Å². The van der Waals surface area contributed by atoms with Gasteiger partial charge in [-0.3, -0.25) is 0 Å². The fourth-order valence-corrected chi connectivity index (χ4v) is 0. The third-order valence-electron chi connectivity index (χ3n) is 0. The first-order valence-corrected chi connectivity index (χ1v) is 0.309. The summed E-state index contributed by atoms with van der Waals surface area (Å²) in [6.45, 7) is 0. The maximum absolute atomic E-state index is 9.12. The largest absolute Gasteiger partial charge is 2.00 e. The molecule has 0 spiro atoms. The predicted molar refractivity (Wildman–Crippen MR) is 11.3 cm³/mol. The molecule has 0 saturated heterocycles. The Morgan fingerprint density at radius 2 is 1.33 bits per heavy atom. The molecule has 31 valence electrons. The van der Waals surface area contributed by atoms with E-state index in [1.807, 2.05) is 0 Å². The van der Waals surface area contributed by atoms with Crippen molar-refractivity contribution >= 4 is 23.1 Å². The molecule has 1 radical (unpaired) electrons. The molecule has 0 aromatic heterocycles. The van der Waals surface area contributed by atoms with Crippen LogP contribution in [0.3, 0.4) is 0 Å². The number of halogens is 2. The topological polar surface area (TPSA) is 9.23 Å². The van der Waals surface area contributed by atoms with Gasteiger partial charge in [-0.05, 0) is 9.05 Å². The molecule has 0 fully saturated rings. The Morgan fingerprint density at radius 3 is 1.33 bits per heavy atom. The van der Waals surface area contributed by atoms with E-state index in [0.29, 0.717) is 0 Å². The Labute approximate surface area is 115 Å². The second-order valence-corrected chi connectivity index (χ2v) is 0.0583. The Hall–Kier alpha value is 3.16. The van der Waals surface area contributed by atoms with Crippen molar-refractivity contribution in [1.29, 1.82) is 0 Å². The van der Waals surface area contributed by atoms with Gasteiger partial charge in [-0.2, -0.15) is 0 Å². The predicted octanol–water partition coefficient (Wildman–Crippen LogP) is 0.616. The summed E-state index contributed by atoms with van der Waals surface area (Å²) in [5.74, 6) is 0. The molecule has 0 aliphatic rings. The van der Waals surface area contributed by atoms with Gasteiger partial charge in [0, 0.05) is 82.5 Å². The van der Waals surface area contributed by atoms with E-state index in [9.17, 15) is 0 Å². The van der Waals surface area contributed by atoms with E-state index < -0.39 is 0 Å². The minimum absolute atomic E-state index is 0. The minimum Gasteiger partial charge on any atom is -1.00 e. The van der Waals surface area contributed by atoms with Crippen LogP contribution < -0.4 is 0 Å². The Kier molecular flexibility index (Phi) is 92.3. The van der Waals surface area contributed by atoms with E-state index >= 15 is 0 Å². The van der Waals surface area contributed by atoms with Gasteiger partial charge in [-0.15, -0.1) is 0 Å². The van der Waals surface area contributed by atoms with Gasteiger partial charge in [-0.1, -0.05) is 0 Å². The fourth-order valence-electron chi connectivity index (χ4n) is 0. The first-order valence-electron chi connectivity index (χ1n) is 0.309. The summed E-state index contributed by atoms with van der Waals surface area (Å²) in [4.78, 5) is 0. The quantitative estimate of drug-likeness (QED) is 0.576. The zero-order chi connectivity index (χ0) is 2.71. The molecular weight excluding hydrogens is 357 g/mol. The van der Waals surface area contributed by atoms with Crippen molar-refractivity contribution in [1.82, 2.24) is 0 Å². The van der Waals surface area contributed by atoms with Crippen molar-refractivity contribution in [2.75, 3.05) is 0 Å². The molecular formula is H2CeF2LaMgO. The molecule has 6 heavy (non-hydrogen) atoms. The molecule has 0 amide bonds. The monoisotopic (exact) mass is 359 g/mol. The normalized spacial score (nSPS) is 3.00. The average molecular weight is 359 g/mol. The molecule has 0 saturated carbocycles. The summed E-state index contributed by atoms with van der Waals surface area (Å²) >= 11 is 0. The molecule has 0 unspecified atom stereocenters. The summed E-state index contributed by atoms with van der Waals surface area (Å²) in [7, 11) is 0. The van der Waals surface area contributed by atoms with Gasteiger partial charge in [-0.25, -0.2) is 0 Å². The van der Waals surface area contributed by atoms with Gasteiger partial charge in [0.25, 0.3) is 0 Å². The van der Waals surface area contributed by atoms with Crippen LogP contribution in [0.15, 0.2) is 0 Å². The molecule has 0 aromatic carbocycles. The van der Waals surface area contributed by atoms with Gasteiger partial charge >= 0.3 is 23.1 Å². The molecule has 1 nitrogen and oxygen atoms in total. The Balaban J connectivity index is -0.00000000200. The maximum Gasteiger partial charge on any atom is 2.00 e. The minimum atomic E-state index is 0. The van der Waals surface area contributed by atoms with Crippen LogP contribution in [0.2, 0.25) is 0 Å². The zero-order valence-corrected chi connectivity index (χ0v) is 11.1. The van der Waals surface area contributed by atoms with E-state index in [-0.39, 0.29) is 103 Å². The average Bonchev–Trinajstić information content (AvgIpc) is 0.918. The van der Waals surface area contributed by atoms with Gasteiger partial charge < -0.3 is 2.85 Å². The Morgan fingerprint density at radius 1 is 1.33 bits per heavy atom. The van der Waals surface area contributed by atoms with Crippen LogP contribution in [0.4, 0.5) is 9.05 Å². The van der Waals surface area contributed by atoms with Crippen LogP contribution in [0, 0.1) is 77.3 Å². The van der Waals surface area contributed by atoms with E-state index in [2.05, 4.69) is 0 Å². The van der Waals surface area contributed by atoms with Crippen LogP contribution in [0.1, 0.15) is 2.85 Å². The molecule has 0 aliphatic carbocycles. The number of hydrogen-bond acceptors (Lipinski definition) is 1. The first-order chi connectivity index (χ1) is 1.41. The molecule has 0 bridgehead atoms. The van der Waals surface area contributed by atoms with Crippen molar-refractivity contribution in [3.05, 3.63) is 0 Å². The third kappa shape index (κ3) is 27.2. The van der Waals surface area contributed by atoms with E-state index in [1.54, 1.807) is 0 Å².